The summed E-state index contributed by atoms with van der Waals surface area (Å²) in [6.07, 6.45) is 5.54. The Morgan fingerprint density at radius 3 is 2.75 bits per heavy atom. The Bertz CT molecular complexity index is 1040. The van der Waals surface area contributed by atoms with Crippen molar-refractivity contribution in [3.05, 3.63) is 29.4 Å². The predicted octanol–water partition coefficient (Wildman–Crippen LogP) is 2.94. The summed E-state index contributed by atoms with van der Waals surface area (Å²) in [5, 5.41) is 13.8. The zero-order chi connectivity index (χ0) is 19.3. The Kier molecular flexibility index (Phi) is 4.21. The molecule has 8 nitrogen and oxygen atoms in total. The molecule has 0 radical (unpaired) electrons. The maximum absolute atomic E-state index is 12.9. The highest BCUT2D eigenvalue weighted by Gasteiger charge is 2.42. The quantitative estimate of drug-likeness (QED) is 0.690. The SMILES string of the molecule is Cc1nnc(-c2ccc3cnc(NC(=O)N4[C@@H]5CC[C@H]4C[C@@H](N)C5)cc3n2)s1. The molecule has 0 saturated carbocycles. The highest BCUT2D eigenvalue weighted by Crippen LogP contribution is 2.35. The molecule has 2 saturated heterocycles. The molecule has 144 valence electrons. The van der Waals surface area contributed by atoms with Gasteiger partial charge in [-0.15, -0.1) is 10.2 Å². The summed E-state index contributed by atoms with van der Waals surface area (Å²) in [7, 11) is 0. The maximum Gasteiger partial charge on any atom is 0.323 e. The topological polar surface area (TPSA) is 110 Å². The molecule has 3 atom stereocenters. The minimum Gasteiger partial charge on any atom is -0.328 e. The van der Waals surface area contributed by atoms with E-state index in [9.17, 15) is 4.79 Å². The first-order chi connectivity index (χ1) is 13.6. The van der Waals surface area contributed by atoms with Crippen LogP contribution in [0.15, 0.2) is 24.4 Å². The number of nitrogens with two attached hydrogens (primary N) is 1. The molecule has 2 fully saturated rings. The van der Waals surface area contributed by atoms with E-state index in [2.05, 4.69) is 25.5 Å². The van der Waals surface area contributed by atoms with E-state index in [0.717, 1.165) is 52.3 Å². The first-order valence-electron chi connectivity index (χ1n) is 9.49. The van der Waals surface area contributed by atoms with Crippen LogP contribution in [0.25, 0.3) is 21.6 Å². The number of nitrogens with zero attached hydrogens (tertiary/aromatic N) is 5. The van der Waals surface area contributed by atoms with Gasteiger partial charge in [-0.3, -0.25) is 5.32 Å². The fourth-order valence-electron chi connectivity index (χ4n) is 4.33. The summed E-state index contributed by atoms with van der Waals surface area (Å²) < 4.78 is 0. The molecule has 0 spiro atoms. The third-order valence-corrected chi connectivity index (χ3v) is 6.42. The molecule has 0 aliphatic carbocycles. The van der Waals surface area contributed by atoms with Crippen molar-refractivity contribution in [2.75, 3.05) is 5.32 Å². The van der Waals surface area contributed by atoms with Gasteiger partial charge in [0.2, 0.25) is 0 Å². The van der Waals surface area contributed by atoms with E-state index in [-0.39, 0.29) is 24.2 Å². The van der Waals surface area contributed by atoms with Crippen LogP contribution in [-0.2, 0) is 0 Å². The predicted molar refractivity (Wildman–Crippen MR) is 108 cm³/mol. The summed E-state index contributed by atoms with van der Waals surface area (Å²) in [6.45, 7) is 1.92. The lowest BCUT2D eigenvalue weighted by Gasteiger charge is -2.37. The van der Waals surface area contributed by atoms with Gasteiger partial charge in [-0.1, -0.05) is 11.3 Å². The van der Waals surface area contributed by atoms with E-state index in [1.54, 1.807) is 6.20 Å². The van der Waals surface area contributed by atoms with Gasteiger partial charge in [0.05, 0.1) is 5.52 Å². The molecule has 5 heterocycles. The average molecular weight is 395 g/mol. The highest BCUT2D eigenvalue weighted by molar-refractivity contribution is 7.14. The molecule has 2 aliphatic rings. The lowest BCUT2D eigenvalue weighted by Crippen LogP contribution is -2.51. The number of fused-ring (bicyclic) bond motifs is 3. The van der Waals surface area contributed by atoms with Gasteiger partial charge in [0.1, 0.15) is 16.5 Å². The minimum atomic E-state index is -0.0952. The minimum absolute atomic E-state index is 0.0952. The molecule has 3 aromatic heterocycles. The zero-order valence-corrected chi connectivity index (χ0v) is 16.3. The van der Waals surface area contributed by atoms with Crippen LogP contribution in [0.4, 0.5) is 10.6 Å². The number of piperidine rings is 1. The van der Waals surface area contributed by atoms with Crippen LogP contribution >= 0.6 is 11.3 Å². The average Bonchev–Trinajstić information content (AvgIpc) is 3.22. The number of urea groups is 1. The third kappa shape index (κ3) is 3.10. The molecule has 0 aromatic carbocycles. The van der Waals surface area contributed by atoms with Crippen molar-refractivity contribution < 1.29 is 4.79 Å². The molecule has 3 aromatic rings. The number of rotatable bonds is 2. The van der Waals surface area contributed by atoms with Crippen molar-refractivity contribution in [1.29, 1.82) is 0 Å². The van der Waals surface area contributed by atoms with Crippen molar-refractivity contribution in [2.45, 2.75) is 50.7 Å². The molecule has 2 amide bonds. The number of aryl methyl sites for hydroxylation is 1. The van der Waals surface area contributed by atoms with E-state index in [0.29, 0.717) is 5.82 Å². The number of nitrogens with one attached hydrogen (secondary N) is 1. The Hall–Kier alpha value is -2.65. The number of pyridine rings is 2. The second-order valence-corrected chi connectivity index (χ2v) is 8.72. The lowest BCUT2D eigenvalue weighted by molar-refractivity contribution is 0.150. The smallest absolute Gasteiger partial charge is 0.323 e. The number of hydrogen-bond acceptors (Lipinski definition) is 7. The van der Waals surface area contributed by atoms with Gasteiger partial charge in [-0.05, 0) is 44.7 Å². The number of hydrogen-bond donors (Lipinski definition) is 2. The van der Waals surface area contributed by atoms with Gasteiger partial charge in [0.15, 0.2) is 5.01 Å². The van der Waals surface area contributed by atoms with E-state index in [4.69, 9.17) is 5.73 Å². The number of aromatic nitrogens is 4. The molecule has 9 heteroatoms. The lowest BCUT2D eigenvalue weighted by atomic mass is 9.99. The number of amides is 2. The third-order valence-electron chi connectivity index (χ3n) is 5.56. The molecular formula is C19H21N7OS. The molecule has 2 aliphatic heterocycles. The highest BCUT2D eigenvalue weighted by atomic mass is 32.1. The van der Waals surface area contributed by atoms with Crippen LogP contribution in [0.5, 0.6) is 0 Å². The molecular weight excluding hydrogens is 374 g/mol. The Labute approximate surface area is 166 Å². The molecule has 0 unspecified atom stereocenters. The van der Waals surface area contributed by atoms with Crippen molar-refractivity contribution in [3.63, 3.8) is 0 Å². The van der Waals surface area contributed by atoms with E-state index >= 15 is 0 Å². The van der Waals surface area contributed by atoms with Crippen LogP contribution in [-0.4, -0.2) is 49.2 Å². The number of carbonyl (C=O) groups is 1. The van der Waals surface area contributed by atoms with Crippen LogP contribution in [0.2, 0.25) is 0 Å². The van der Waals surface area contributed by atoms with Gasteiger partial charge < -0.3 is 10.6 Å². The summed E-state index contributed by atoms with van der Waals surface area (Å²) in [5.41, 5.74) is 7.64. The first-order valence-corrected chi connectivity index (χ1v) is 10.3. The zero-order valence-electron chi connectivity index (χ0n) is 15.5. The largest absolute Gasteiger partial charge is 0.328 e. The van der Waals surface area contributed by atoms with Gasteiger partial charge in [0, 0.05) is 35.8 Å². The van der Waals surface area contributed by atoms with E-state index in [1.807, 2.05) is 30.0 Å². The van der Waals surface area contributed by atoms with E-state index < -0.39 is 0 Å². The monoisotopic (exact) mass is 395 g/mol. The fourth-order valence-corrected chi connectivity index (χ4v) is 4.99. The Morgan fingerprint density at radius 2 is 2.04 bits per heavy atom. The normalized spacial score (nSPS) is 23.9. The standard InChI is InChI=1S/C19H21N7OS/c1-10-24-25-18(28-10)15-5-2-11-9-21-17(8-16(11)22-15)23-19(27)26-13-3-4-14(26)7-12(20)6-13/h2,5,8-9,12-14H,3-4,6-7,20H2,1H3,(H,21,23,27)/t12-,13+,14-. The second-order valence-electron chi connectivity index (χ2n) is 7.54. The molecule has 3 N–H and O–H groups in total. The van der Waals surface area contributed by atoms with Gasteiger partial charge >= 0.3 is 6.03 Å². The molecule has 2 bridgehead atoms. The first kappa shape index (κ1) is 17.4. The maximum atomic E-state index is 12.9. The summed E-state index contributed by atoms with van der Waals surface area (Å²) in [6, 6.07) is 6.26. The van der Waals surface area contributed by atoms with Crippen LogP contribution in [0.1, 0.15) is 30.7 Å². The van der Waals surface area contributed by atoms with E-state index in [1.165, 1.54) is 11.3 Å². The number of anilines is 1. The second kappa shape index (κ2) is 6.75. The fraction of sp³-hybridized carbons (Fsp3) is 0.421. The summed E-state index contributed by atoms with van der Waals surface area (Å²) in [5.74, 6) is 0.505. The van der Waals surface area contributed by atoms with Crippen molar-refractivity contribution >= 4 is 34.1 Å². The molecule has 28 heavy (non-hydrogen) atoms. The number of carbonyl (C=O) groups excluding carboxylic acids is 1. The van der Waals surface area contributed by atoms with Gasteiger partial charge in [-0.25, -0.2) is 14.8 Å². The van der Waals surface area contributed by atoms with Crippen LogP contribution in [0.3, 0.4) is 0 Å². The van der Waals surface area contributed by atoms with Gasteiger partial charge in [0.25, 0.3) is 0 Å². The Morgan fingerprint density at radius 1 is 1.25 bits per heavy atom. The van der Waals surface area contributed by atoms with Crippen LogP contribution < -0.4 is 11.1 Å². The van der Waals surface area contributed by atoms with Crippen molar-refractivity contribution in [3.8, 4) is 10.7 Å². The van der Waals surface area contributed by atoms with Crippen LogP contribution in [0, 0.1) is 6.92 Å². The van der Waals surface area contributed by atoms with Crippen molar-refractivity contribution in [2.24, 2.45) is 5.73 Å². The van der Waals surface area contributed by atoms with Crippen molar-refractivity contribution in [1.82, 2.24) is 25.1 Å². The Balaban J connectivity index is 1.39. The van der Waals surface area contributed by atoms with Gasteiger partial charge in [-0.2, -0.15) is 0 Å². The summed E-state index contributed by atoms with van der Waals surface area (Å²) >= 11 is 1.50. The molecule has 5 rings (SSSR count). The summed E-state index contributed by atoms with van der Waals surface area (Å²) in [4.78, 5) is 23.9.